The Morgan fingerprint density at radius 2 is 2.35 bits per heavy atom. The predicted molar refractivity (Wildman–Crippen MR) is 69.6 cm³/mol. The molecule has 1 N–H and O–H groups in total. The van der Waals surface area contributed by atoms with Gasteiger partial charge in [-0.2, -0.15) is 0 Å². The summed E-state index contributed by atoms with van der Waals surface area (Å²) in [5, 5.41) is 3.42. The number of benzene rings is 1. The molecule has 0 amide bonds. The zero-order valence-electron chi connectivity index (χ0n) is 9.32. The van der Waals surface area contributed by atoms with Crippen molar-refractivity contribution in [3.05, 3.63) is 40.7 Å². The van der Waals surface area contributed by atoms with Gasteiger partial charge in [-0.25, -0.2) is 4.98 Å². The molecular formula is C13H13BrN2O. The lowest BCUT2D eigenvalue weighted by atomic mass is 10.2. The first kappa shape index (κ1) is 11.0. The molecule has 4 heteroatoms. The monoisotopic (exact) mass is 292 g/mol. The lowest BCUT2D eigenvalue weighted by Gasteiger charge is -2.03. The third kappa shape index (κ3) is 2.28. The molecular weight excluding hydrogens is 280 g/mol. The van der Waals surface area contributed by atoms with Crippen molar-refractivity contribution in [2.75, 3.05) is 6.54 Å². The molecule has 1 aromatic heterocycles. The zero-order valence-corrected chi connectivity index (χ0v) is 10.9. The summed E-state index contributed by atoms with van der Waals surface area (Å²) in [6.07, 6.45) is 4.12. The molecule has 3 rings (SSSR count). The van der Waals surface area contributed by atoms with Crippen LogP contribution in [0.4, 0.5) is 0 Å². The first-order valence-electron chi connectivity index (χ1n) is 5.78. The van der Waals surface area contributed by atoms with E-state index >= 15 is 0 Å². The predicted octanol–water partition coefficient (Wildman–Crippen LogP) is 3.53. The number of nitrogens with one attached hydrogen (secondary N) is 1. The Bertz CT molecular complexity index is 518. The van der Waals surface area contributed by atoms with Gasteiger partial charge in [-0.3, -0.25) is 0 Å². The average molecular weight is 293 g/mol. The summed E-state index contributed by atoms with van der Waals surface area (Å²) in [6, 6.07) is 8.35. The van der Waals surface area contributed by atoms with Crippen LogP contribution in [0.25, 0.3) is 11.5 Å². The van der Waals surface area contributed by atoms with Crippen LogP contribution in [-0.2, 0) is 0 Å². The molecule has 0 aliphatic carbocycles. The number of oxazole rings is 1. The molecule has 0 bridgehead atoms. The van der Waals surface area contributed by atoms with Crippen LogP contribution in [0.1, 0.15) is 24.6 Å². The van der Waals surface area contributed by atoms with Crippen LogP contribution in [0.3, 0.4) is 0 Å². The second-order valence-electron chi connectivity index (χ2n) is 4.24. The van der Waals surface area contributed by atoms with E-state index < -0.39 is 0 Å². The van der Waals surface area contributed by atoms with E-state index in [9.17, 15) is 0 Å². The minimum Gasteiger partial charge on any atom is -0.444 e. The van der Waals surface area contributed by atoms with Crippen LogP contribution >= 0.6 is 15.9 Å². The third-order valence-corrected chi connectivity index (χ3v) is 3.50. The Labute approximate surface area is 108 Å². The van der Waals surface area contributed by atoms with E-state index in [1.807, 2.05) is 24.3 Å². The van der Waals surface area contributed by atoms with Gasteiger partial charge in [0, 0.05) is 10.0 Å². The summed E-state index contributed by atoms with van der Waals surface area (Å²) >= 11 is 3.45. The van der Waals surface area contributed by atoms with E-state index in [0.717, 1.165) is 28.7 Å². The highest BCUT2D eigenvalue weighted by Crippen LogP contribution is 2.27. The normalized spacial score (nSPS) is 19.7. The number of hydrogen-bond donors (Lipinski definition) is 1. The van der Waals surface area contributed by atoms with Crippen molar-refractivity contribution in [2.24, 2.45) is 0 Å². The largest absolute Gasteiger partial charge is 0.444 e. The lowest BCUT2D eigenvalue weighted by molar-refractivity contribution is 0.563. The minimum absolute atomic E-state index is 0.361. The van der Waals surface area contributed by atoms with Crippen molar-refractivity contribution >= 4 is 15.9 Å². The molecule has 3 nitrogen and oxygen atoms in total. The SMILES string of the molecule is Brc1cccc(-c2nc(C3CCCN3)co2)c1. The molecule has 2 aromatic rings. The molecule has 1 atom stereocenters. The fraction of sp³-hybridized carbons (Fsp3) is 0.308. The Kier molecular flexibility index (Phi) is 2.99. The average Bonchev–Trinajstić information content (AvgIpc) is 3.00. The summed E-state index contributed by atoms with van der Waals surface area (Å²) in [6.45, 7) is 1.07. The minimum atomic E-state index is 0.361. The number of nitrogens with zero attached hydrogens (tertiary/aromatic N) is 1. The van der Waals surface area contributed by atoms with E-state index in [1.165, 1.54) is 6.42 Å². The van der Waals surface area contributed by atoms with Gasteiger partial charge in [0.2, 0.25) is 5.89 Å². The van der Waals surface area contributed by atoms with Crippen LogP contribution in [0.2, 0.25) is 0 Å². The van der Waals surface area contributed by atoms with Crippen molar-refractivity contribution in [1.82, 2.24) is 10.3 Å². The Balaban J connectivity index is 1.89. The standard InChI is InChI=1S/C13H13BrN2O/c14-10-4-1-3-9(7-10)13-16-12(8-17-13)11-5-2-6-15-11/h1,3-4,7-8,11,15H,2,5-6H2. The number of halogens is 1. The van der Waals surface area contributed by atoms with E-state index in [0.29, 0.717) is 11.9 Å². The fourth-order valence-corrected chi connectivity index (χ4v) is 2.54. The fourth-order valence-electron chi connectivity index (χ4n) is 2.14. The molecule has 2 heterocycles. The molecule has 1 saturated heterocycles. The highest BCUT2D eigenvalue weighted by molar-refractivity contribution is 9.10. The molecule has 0 saturated carbocycles. The van der Waals surface area contributed by atoms with Gasteiger partial charge in [0.25, 0.3) is 0 Å². The molecule has 88 valence electrons. The van der Waals surface area contributed by atoms with Gasteiger partial charge in [0.05, 0.1) is 11.7 Å². The van der Waals surface area contributed by atoms with Crippen molar-refractivity contribution in [2.45, 2.75) is 18.9 Å². The van der Waals surface area contributed by atoms with Crippen molar-refractivity contribution in [3.63, 3.8) is 0 Å². The topological polar surface area (TPSA) is 38.1 Å². The Hall–Kier alpha value is -1.13. The maximum absolute atomic E-state index is 5.55. The van der Waals surface area contributed by atoms with Gasteiger partial charge in [0.15, 0.2) is 0 Å². The highest BCUT2D eigenvalue weighted by Gasteiger charge is 2.20. The maximum Gasteiger partial charge on any atom is 0.226 e. The quantitative estimate of drug-likeness (QED) is 0.920. The van der Waals surface area contributed by atoms with Crippen LogP contribution in [-0.4, -0.2) is 11.5 Å². The Morgan fingerprint density at radius 3 is 3.12 bits per heavy atom. The molecule has 0 spiro atoms. The van der Waals surface area contributed by atoms with Crippen LogP contribution < -0.4 is 5.32 Å². The van der Waals surface area contributed by atoms with Crippen molar-refractivity contribution < 1.29 is 4.42 Å². The third-order valence-electron chi connectivity index (χ3n) is 3.01. The summed E-state index contributed by atoms with van der Waals surface area (Å²) in [7, 11) is 0. The van der Waals surface area contributed by atoms with Crippen LogP contribution in [0, 0.1) is 0 Å². The first-order chi connectivity index (χ1) is 8.33. The second kappa shape index (κ2) is 4.63. The van der Waals surface area contributed by atoms with E-state index in [1.54, 1.807) is 6.26 Å². The van der Waals surface area contributed by atoms with E-state index in [-0.39, 0.29) is 0 Å². The maximum atomic E-state index is 5.55. The lowest BCUT2D eigenvalue weighted by Crippen LogP contribution is -2.12. The number of rotatable bonds is 2. The van der Waals surface area contributed by atoms with Crippen LogP contribution in [0.15, 0.2) is 39.4 Å². The smallest absolute Gasteiger partial charge is 0.226 e. The zero-order chi connectivity index (χ0) is 11.7. The second-order valence-corrected chi connectivity index (χ2v) is 5.15. The number of aromatic nitrogens is 1. The number of hydrogen-bond acceptors (Lipinski definition) is 3. The van der Waals surface area contributed by atoms with Gasteiger partial charge in [0.1, 0.15) is 6.26 Å². The summed E-state index contributed by atoms with van der Waals surface area (Å²) < 4.78 is 6.58. The molecule has 1 unspecified atom stereocenters. The molecule has 0 radical (unpaired) electrons. The summed E-state index contributed by atoms with van der Waals surface area (Å²) in [4.78, 5) is 4.55. The van der Waals surface area contributed by atoms with Gasteiger partial charge in [-0.05, 0) is 37.6 Å². The van der Waals surface area contributed by atoms with E-state index in [4.69, 9.17) is 4.42 Å². The van der Waals surface area contributed by atoms with E-state index in [2.05, 4.69) is 26.2 Å². The van der Waals surface area contributed by atoms with Gasteiger partial charge >= 0.3 is 0 Å². The molecule has 1 aliphatic rings. The van der Waals surface area contributed by atoms with Gasteiger partial charge in [-0.1, -0.05) is 22.0 Å². The van der Waals surface area contributed by atoms with Crippen molar-refractivity contribution in [1.29, 1.82) is 0 Å². The van der Waals surface area contributed by atoms with Crippen LogP contribution in [0.5, 0.6) is 0 Å². The summed E-state index contributed by atoms with van der Waals surface area (Å²) in [5.41, 5.74) is 2.01. The highest BCUT2D eigenvalue weighted by atomic mass is 79.9. The Morgan fingerprint density at radius 1 is 1.41 bits per heavy atom. The molecule has 1 fully saturated rings. The molecule has 1 aliphatic heterocycles. The molecule has 1 aromatic carbocycles. The van der Waals surface area contributed by atoms with Crippen molar-refractivity contribution in [3.8, 4) is 11.5 Å². The first-order valence-corrected chi connectivity index (χ1v) is 6.57. The summed E-state index contributed by atoms with van der Waals surface area (Å²) in [5.74, 6) is 0.690. The molecule has 17 heavy (non-hydrogen) atoms. The van der Waals surface area contributed by atoms with Gasteiger partial charge < -0.3 is 9.73 Å². The van der Waals surface area contributed by atoms with Gasteiger partial charge in [-0.15, -0.1) is 0 Å².